The van der Waals surface area contributed by atoms with Crippen molar-refractivity contribution in [3.63, 3.8) is 0 Å². The maximum Gasteiger partial charge on any atom is 0.147 e. The zero-order valence-electron chi connectivity index (χ0n) is 24.1. The second kappa shape index (κ2) is 9.18. The molecule has 0 aliphatic rings. The van der Waals surface area contributed by atoms with Crippen molar-refractivity contribution >= 4 is 65.7 Å². The van der Waals surface area contributed by atoms with Gasteiger partial charge >= 0.3 is 0 Å². The summed E-state index contributed by atoms with van der Waals surface area (Å²) in [6.07, 6.45) is 0. The Balaban J connectivity index is 1.22. The van der Waals surface area contributed by atoms with Crippen LogP contribution in [0.1, 0.15) is 0 Å². The predicted octanol–water partition coefficient (Wildman–Crippen LogP) is 11.3. The zero-order chi connectivity index (χ0) is 29.5. The van der Waals surface area contributed by atoms with Gasteiger partial charge < -0.3 is 8.83 Å². The fraction of sp³-hybridized carbons (Fsp3) is 0. The first kappa shape index (κ1) is 24.3. The molecule has 10 aromatic rings. The highest BCUT2D eigenvalue weighted by atomic mass is 16.3. The topological polar surface area (TPSA) is 44.1 Å². The van der Waals surface area contributed by atoms with E-state index in [2.05, 4.69) is 120 Å². The fourth-order valence-electron chi connectivity index (χ4n) is 6.96. The fourth-order valence-corrected chi connectivity index (χ4v) is 6.96. The van der Waals surface area contributed by atoms with E-state index in [9.17, 15) is 0 Å². The summed E-state index contributed by atoms with van der Waals surface area (Å²) in [5.74, 6) is 0.916. The van der Waals surface area contributed by atoms with Crippen molar-refractivity contribution in [3.05, 3.63) is 146 Å². The van der Waals surface area contributed by atoms with Crippen LogP contribution >= 0.6 is 0 Å². The van der Waals surface area contributed by atoms with E-state index in [4.69, 9.17) is 13.8 Å². The number of para-hydroxylation sites is 4. The van der Waals surface area contributed by atoms with Crippen LogP contribution in [-0.2, 0) is 0 Å². The first-order chi connectivity index (χ1) is 22.3. The molecule has 4 heteroatoms. The summed E-state index contributed by atoms with van der Waals surface area (Å²) in [5.41, 5.74) is 9.55. The summed E-state index contributed by atoms with van der Waals surface area (Å²) in [6.45, 7) is 0. The van der Waals surface area contributed by atoms with Gasteiger partial charge in [0.15, 0.2) is 0 Å². The molecule has 0 saturated heterocycles. The number of imidazole rings is 1. The summed E-state index contributed by atoms with van der Waals surface area (Å²) >= 11 is 0. The van der Waals surface area contributed by atoms with E-state index in [1.165, 1.54) is 10.8 Å². The number of hydrogen-bond acceptors (Lipinski definition) is 3. The third-order valence-electron chi connectivity index (χ3n) is 9.02. The molecule has 3 heterocycles. The summed E-state index contributed by atoms with van der Waals surface area (Å²) in [4.78, 5) is 5.15. The van der Waals surface area contributed by atoms with Gasteiger partial charge in [-0.2, -0.15) is 0 Å². The van der Waals surface area contributed by atoms with E-state index in [-0.39, 0.29) is 0 Å². The standard InChI is InChI=1S/C41H24N2O2/c1-2-12-28-25(10-1)11-9-15-31(28)41-42-34-16-5-6-17-35(34)43(41)27-22-20-26(21-23-27)38-39-32(29-13-3-7-18-36(29)44-39)24-33-30-14-4-8-19-37(30)45-40(33)38/h1-24H. The molecule has 0 spiro atoms. The Morgan fingerprint density at radius 3 is 1.82 bits per heavy atom. The van der Waals surface area contributed by atoms with Gasteiger partial charge in [0.25, 0.3) is 0 Å². The largest absolute Gasteiger partial charge is 0.455 e. The van der Waals surface area contributed by atoms with Crippen molar-refractivity contribution in [2.45, 2.75) is 0 Å². The van der Waals surface area contributed by atoms with Gasteiger partial charge in [0, 0.05) is 32.8 Å². The van der Waals surface area contributed by atoms with E-state index < -0.39 is 0 Å². The molecule has 0 bridgehead atoms. The number of nitrogens with zero attached hydrogens (tertiary/aromatic N) is 2. The normalized spacial score (nSPS) is 12.0. The lowest BCUT2D eigenvalue weighted by molar-refractivity contribution is 0.658. The Morgan fingerprint density at radius 1 is 0.489 bits per heavy atom. The van der Waals surface area contributed by atoms with Crippen molar-refractivity contribution < 1.29 is 8.83 Å². The number of rotatable bonds is 3. The molecule has 4 nitrogen and oxygen atoms in total. The van der Waals surface area contributed by atoms with Crippen molar-refractivity contribution in [1.82, 2.24) is 9.55 Å². The molecule has 0 saturated carbocycles. The molecule has 0 aliphatic heterocycles. The minimum atomic E-state index is 0.833. The summed E-state index contributed by atoms with van der Waals surface area (Å²) in [6, 6.07) is 50.6. The minimum absolute atomic E-state index is 0.833. The second-order valence-corrected chi connectivity index (χ2v) is 11.5. The van der Waals surface area contributed by atoms with E-state index >= 15 is 0 Å². The van der Waals surface area contributed by atoms with Gasteiger partial charge in [-0.25, -0.2) is 4.98 Å². The van der Waals surface area contributed by atoms with Crippen LogP contribution in [0.5, 0.6) is 0 Å². The number of benzene rings is 7. The highest BCUT2D eigenvalue weighted by molar-refractivity contribution is 6.22. The zero-order valence-corrected chi connectivity index (χ0v) is 24.1. The second-order valence-electron chi connectivity index (χ2n) is 11.5. The molecular weight excluding hydrogens is 552 g/mol. The van der Waals surface area contributed by atoms with E-state index in [1.54, 1.807) is 0 Å². The maximum absolute atomic E-state index is 6.54. The third-order valence-corrected chi connectivity index (χ3v) is 9.02. The quantitative estimate of drug-likeness (QED) is 0.210. The average molecular weight is 577 g/mol. The average Bonchev–Trinajstić information content (AvgIpc) is 3.78. The molecule has 0 amide bonds. The monoisotopic (exact) mass is 576 g/mol. The third kappa shape index (κ3) is 3.51. The van der Waals surface area contributed by atoms with Gasteiger partial charge in [-0.15, -0.1) is 0 Å². The molecule has 7 aromatic carbocycles. The number of fused-ring (bicyclic) bond motifs is 8. The number of hydrogen-bond donors (Lipinski definition) is 0. The molecule has 0 fully saturated rings. The summed E-state index contributed by atoms with van der Waals surface area (Å²) in [7, 11) is 0. The molecule has 0 aliphatic carbocycles. The van der Waals surface area contributed by atoms with Crippen LogP contribution in [0, 0.1) is 0 Å². The Labute approximate surface area is 257 Å². The molecule has 0 radical (unpaired) electrons. The van der Waals surface area contributed by atoms with Crippen LogP contribution in [0.15, 0.2) is 154 Å². The van der Waals surface area contributed by atoms with Crippen LogP contribution in [0.4, 0.5) is 0 Å². The van der Waals surface area contributed by atoms with Crippen molar-refractivity contribution in [3.8, 4) is 28.2 Å². The van der Waals surface area contributed by atoms with Crippen LogP contribution in [0.3, 0.4) is 0 Å². The summed E-state index contributed by atoms with van der Waals surface area (Å²) < 4.78 is 15.4. The molecule has 10 rings (SSSR count). The number of furan rings is 2. The van der Waals surface area contributed by atoms with Gasteiger partial charge in [-0.3, -0.25) is 4.57 Å². The predicted molar refractivity (Wildman–Crippen MR) is 184 cm³/mol. The highest BCUT2D eigenvalue weighted by Gasteiger charge is 2.22. The van der Waals surface area contributed by atoms with Crippen LogP contribution in [-0.4, -0.2) is 9.55 Å². The Kier molecular flexibility index (Phi) is 4.96. The first-order valence-electron chi connectivity index (χ1n) is 15.1. The Hall–Kier alpha value is -6.13. The molecule has 45 heavy (non-hydrogen) atoms. The van der Waals surface area contributed by atoms with Crippen LogP contribution in [0.25, 0.3) is 93.9 Å². The van der Waals surface area contributed by atoms with Crippen molar-refractivity contribution in [2.75, 3.05) is 0 Å². The summed E-state index contributed by atoms with van der Waals surface area (Å²) in [5, 5.41) is 6.74. The molecule has 3 aromatic heterocycles. The Bertz CT molecular complexity index is 2670. The van der Waals surface area contributed by atoms with Gasteiger partial charge in [-0.05, 0) is 58.8 Å². The molecule has 0 N–H and O–H groups in total. The molecule has 210 valence electrons. The SMILES string of the molecule is c1ccc2c(-c3nc4ccccc4n3-c3ccc(-c4c5oc6ccccc6c5cc5c4oc4ccccc45)cc3)cccc2c1. The van der Waals surface area contributed by atoms with E-state index in [1.807, 2.05) is 30.3 Å². The van der Waals surface area contributed by atoms with Crippen molar-refractivity contribution in [2.24, 2.45) is 0 Å². The molecule has 0 atom stereocenters. The lowest BCUT2D eigenvalue weighted by Crippen LogP contribution is -1.98. The van der Waals surface area contributed by atoms with Crippen molar-refractivity contribution in [1.29, 1.82) is 0 Å². The maximum atomic E-state index is 6.54. The highest BCUT2D eigenvalue weighted by Crippen LogP contribution is 2.44. The van der Waals surface area contributed by atoms with Crippen LogP contribution < -0.4 is 0 Å². The smallest absolute Gasteiger partial charge is 0.147 e. The molecule has 0 unspecified atom stereocenters. The van der Waals surface area contributed by atoms with E-state index in [0.29, 0.717) is 0 Å². The van der Waals surface area contributed by atoms with Gasteiger partial charge in [0.05, 0.1) is 16.6 Å². The van der Waals surface area contributed by atoms with Crippen LogP contribution in [0.2, 0.25) is 0 Å². The number of aromatic nitrogens is 2. The van der Waals surface area contributed by atoms with Gasteiger partial charge in [-0.1, -0.05) is 103 Å². The molecular formula is C41H24N2O2. The van der Waals surface area contributed by atoms with Gasteiger partial charge in [0.1, 0.15) is 28.2 Å². The Morgan fingerprint density at radius 2 is 1.09 bits per heavy atom. The van der Waals surface area contributed by atoms with E-state index in [0.717, 1.165) is 83.1 Å². The lowest BCUT2D eigenvalue weighted by atomic mass is 9.98. The minimum Gasteiger partial charge on any atom is -0.455 e. The lowest BCUT2D eigenvalue weighted by Gasteiger charge is -2.13. The first-order valence-corrected chi connectivity index (χ1v) is 15.1. The van der Waals surface area contributed by atoms with Gasteiger partial charge in [0.2, 0.25) is 0 Å².